The number of benzene rings is 1. The van der Waals surface area contributed by atoms with Crippen LogP contribution in [0, 0.1) is 12.8 Å². The van der Waals surface area contributed by atoms with E-state index in [1.165, 1.54) is 7.05 Å². The van der Waals surface area contributed by atoms with Crippen LogP contribution in [0.5, 0.6) is 0 Å². The molecule has 1 heterocycles. The highest BCUT2D eigenvalue weighted by Crippen LogP contribution is 2.28. The average Bonchev–Trinajstić information content (AvgIpc) is 2.96. The largest absolute Gasteiger partial charge is 0.300 e. The zero-order valence-corrected chi connectivity index (χ0v) is 14.9. The number of nitrogens with zero attached hydrogens (tertiary/aromatic N) is 3. The number of carbonyl (C=O) groups is 1. The number of para-hydroxylation sites is 1. The van der Waals surface area contributed by atoms with E-state index in [2.05, 4.69) is 15.5 Å². The molecule has 1 N–H and O–H groups in total. The van der Waals surface area contributed by atoms with Crippen LogP contribution in [-0.4, -0.2) is 31.6 Å². The van der Waals surface area contributed by atoms with E-state index < -0.39 is 10.0 Å². The quantitative estimate of drug-likeness (QED) is 0.832. The molecule has 2 rings (SSSR count). The van der Waals surface area contributed by atoms with Crippen molar-refractivity contribution in [1.82, 2.24) is 10.2 Å². The summed E-state index contributed by atoms with van der Waals surface area (Å²) in [5.41, 5.74) is 1.40. The Kier molecular flexibility index (Phi) is 5.00. The van der Waals surface area contributed by atoms with Gasteiger partial charge in [-0.15, -0.1) is 10.2 Å². The molecule has 0 saturated heterocycles. The highest BCUT2D eigenvalue weighted by atomic mass is 32.2. The lowest BCUT2D eigenvalue weighted by atomic mass is 10.2. The van der Waals surface area contributed by atoms with Gasteiger partial charge in [-0.05, 0) is 18.6 Å². The minimum Gasteiger partial charge on any atom is -0.300 e. The van der Waals surface area contributed by atoms with Crippen LogP contribution in [-0.2, 0) is 14.8 Å². The van der Waals surface area contributed by atoms with Gasteiger partial charge >= 0.3 is 0 Å². The van der Waals surface area contributed by atoms with Gasteiger partial charge in [0.05, 0.1) is 5.69 Å². The summed E-state index contributed by atoms with van der Waals surface area (Å²) < 4.78 is 26.3. The minimum absolute atomic E-state index is 0.165. The van der Waals surface area contributed by atoms with Gasteiger partial charge in [0.25, 0.3) is 14.4 Å². The second-order valence-electron chi connectivity index (χ2n) is 5.28. The Morgan fingerprint density at radius 1 is 1.26 bits per heavy atom. The van der Waals surface area contributed by atoms with Gasteiger partial charge in [0.1, 0.15) is 0 Å². The van der Waals surface area contributed by atoms with E-state index in [-0.39, 0.29) is 21.3 Å². The maximum atomic E-state index is 12.6. The predicted molar refractivity (Wildman–Crippen MR) is 90.1 cm³/mol. The van der Waals surface area contributed by atoms with Crippen LogP contribution >= 0.6 is 11.3 Å². The number of carbonyl (C=O) groups excluding carboxylic acids is 1. The summed E-state index contributed by atoms with van der Waals surface area (Å²) in [6.45, 7) is 5.30. The molecule has 124 valence electrons. The van der Waals surface area contributed by atoms with Crippen molar-refractivity contribution in [1.29, 1.82) is 0 Å². The average molecular weight is 354 g/mol. The first-order valence-electron chi connectivity index (χ1n) is 6.92. The van der Waals surface area contributed by atoms with Crippen LogP contribution in [0.2, 0.25) is 0 Å². The summed E-state index contributed by atoms with van der Waals surface area (Å²) in [5, 5.41) is 10.1. The molecule has 0 aliphatic carbocycles. The third-order valence-electron chi connectivity index (χ3n) is 3.20. The molecule has 9 heteroatoms. The molecular weight excluding hydrogens is 336 g/mol. The van der Waals surface area contributed by atoms with Gasteiger partial charge < -0.3 is 5.32 Å². The molecule has 23 heavy (non-hydrogen) atoms. The standard InChI is InChI=1S/C14H18N4O3S2/c1-9(2)12(19)15-13-16-17-14(22-13)23(20,21)18(4)11-8-6-5-7-10(11)3/h5-9H,1-4H3,(H,15,16,19). The fourth-order valence-electron chi connectivity index (χ4n) is 1.78. The van der Waals surface area contributed by atoms with Gasteiger partial charge in [-0.25, -0.2) is 0 Å². The van der Waals surface area contributed by atoms with Crippen LogP contribution in [0.25, 0.3) is 0 Å². The van der Waals surface area contributed by atoms with Gasteiger partial charge in [0.15, 0.2) is 0 Å². The van der Waals surface area contributed by atoms with Gasteiger partial charge in [-0.1, -0.05) is 43.4 Å². The van der Waals surface area contributed by atoms with Crippen molar-refractivity contribution >= 4 is 38.1 Å². The van der Waals surface area contributed by atoms with Crippen molar-refractivity contribution in [2.45, 2.75) is 25.1 Å². The molecule has 1 amide bonds. The minimum atomic E-state index is -3.82. The SMILES string of the molecule is Cc1ccccc1N(C)S(=O)(=O)c1nnc(NC(=O)C(C)C)s1. The number of nitrogens with one attached hydrogen (secondary N) is 1. The van der Waals surface area contributed by atoms with Crippen LogP contribution in [0.15, 0.2) is 28.6 Å². The number of anilines is 2. The number of hydrogen-bond donors (Lipinski definition) is 1. The summed E-state index contributed by atoms with van der Waals surface area (Å²) in [7, 11) is -2.36. The highest BCUT2D eigenvalue weighted by Gasteiger charge is 2.27. The van der Waals surface area contributed by atoms with Crippen molar-refractivity contribution in [2.24, 2.45) is 5.92 Å². The Hall–Kier alpha value is -2.00. The monoisotopic (exact) mass is 354 g/mol. The smallest absolute Gasteiger partial charge is 0.293 e. The van der Waals surface area contributed by atoms with Crippen molar-refractivity contribution in [3.05, 3.63) is 29.8 Å². The fraction of sp³-hybridized carbons (Fsp3) is 0.357. The Bertz CT molecular complexity index is 815. The number of aryl methyl sites for hydroxylation is 1. The van der Waals surface area contributed by atoms with E-state index in [0.29, 0.717) is 5.69 Å². The van der Waals surface area contributed by atoms with Crippen LogP contribution in [0.1, 0.15) is 19.4 Å². The summed E-state index contributed by atoms with van der Waals surface area (Å²) in [4.78, 5) is 11.6. The first-order valence-corrected chi connectivity index (χ1v) is 9.18. The third kappa shape index (κ3) is 3.67. The van der Waals surface area contributed by atoms with Crippen molar-refractivity contribution < 1.29 is 13.2 Å². The van der Waals surface area contributed by atoms with E-state index in [4.69, 9.17) is 0 Å². The molecule has 0 saturated carbocycles. The molecule has 0 spiro atoms. The zero-order chi connectivity index (χ0) is 17.2. The predicted octanol–water partition coefficient (Wildman–Crippen LogP) is 2.27. The molecule has 0 aliphatic rings. The normalized spacial score (nSPS) is 11.5. The number of hydrogen-bond acceptors (Lipinski definition) is 6. The second-order valence-corrected chi connectivity index (χ2v) is 8.40. The lowest BCUT2D eigenvalue weighted by Crippen LogP contribution is -2.27. The highest BCUT2D eigenvalue weighted by molar-refractivity contribution is 7.94. The van der Waals surface area contributed by atoms with E-state index in [9.17, 15) is 13.2 Å². The fourth-order valence-corrected chi connectivity index (χ4v) is 4.09. The third-order valence-corrected chi connectivity index (χ3v) is 6.15. The van der Waals surface area contributed by atoms with Crippen LogP contribution in [0.4, 0.5) is 10.8 Å². The molecule has 0 unspecified atom stereocenters. The van der Waals surface area contributed by atoms with Crippen LogP contribution in [0.3, 0.4) is 0 Å². The first-order chi connectivity index (χ1) is 10.7. The van der Waals surface area contributed by atoms with Crippen LogP contribution < -0.4 is 9.62 Å². The van der Waals surface area contributed by atoms with E-state index in [1.807, 2.05) is 19.1 Å². The van der Waals surface area contributed by atoms with Gasteiger partial charge in [0, 0.05) is 13.0 Å². The number of amides is 1. The molecule has 0 bridgehead atoms. The molecule has 1 aromatic heterocycles. The van der Waals surface area contributed by atoms with E-state index in [1.54, 1.807) is 26.0 Å². The van der Waals surface area contributed by atoms with Gasteiger partial charge in [-0.2, -0.15) is 8.42 Å². The topological polar surface area (TPSA) is 92.3 Å². The Morgan fingerprint density at radius 3 is 2.52 bits per heavy atom. The Balaban J connectivity index is 2.29. The summed E-state index contributed by atoms with van der Waals surface area (Å²) in [5.74, 6) is -0.467. The molecule has 7 nitrogen and oxygen atoms in total. The maximum Gasteiger partial charge on any atom is 0.293 e. The number of aromatic nitrogens is 2. The molecule has 0 atom stereocenters. The van der Waals surface area contributed by atoms with Crippen molar-refractivity contribution in [2.75, 3.05) is 16.7 Å². The molecular formula is C14H18N4O3S2. The number of rotatable bonds is 5. The summed E-state index contributed by atoms with van der Waals surface area (Å²) in [6, 6.07) is 7.15. The van der Waals surface area contributed by atoms with Crippen molar-refractivity contribution in [3.63, 3.8) is 0 Å². The zero-order valence-electron chi connectivity index (χ0n) is 13.3. The van der Waals surface area contributed by atoms with E-state index in [0.717, 1.165) is 21.2 Å². The molecule has 0 radical (unpaired) electrons. The number of sulfonamides is 1. The Labute approximate surface area is 139 Å². The van der Waals surface area contributed by atoms with Crippen molar-refractivity contribution in [3.8, 4) is 0 Å². The lowest BCUT2D eigenvalue weighted by molar-refractivity contribution is -0.118. The van der Waals surface area contributed by atoms with Gasteiger partial charge in [0.2, 0.25) is 11.0 Å². The maximum absolute atomic E-state index is 12.6. The molecule has 0 aliphatic heterocycles. The second kappa shape index (κ2) is 6.63. The molecule has 2 aromatic rings. The lowest BCUT2D eigenvalue weighted by Gasteiger charge is -2.19. The van der Waals surface area contributed by atoms with E-state index >= 15 is 0 Å². The van der Waals surface area contributed by atoms with Gasteiger partial charge in [-0.3, -0.25) is 9.10 Å². The summed E-state index contributed by atoms with van der Waals surface area (Å²) in [6.07, 6.45) is 0. The summed E-state index contributed by atoms with van der Waals surface area (Å²) >= 11 is 0.831. The molecule has 1 aromatic carbocycles. The first kappa shape index (κ1) is 17.4. The Morgan fingerprint density at radius 2 is 1.91 bits per heavy atom. The molecule has 0 fully saturated rings.